The molecule has 2 unspecified atom stereocenters. The van der Waals surface area contributed by atoms with Gasteiger partial charge in [-0.2, -0.15) is 0 Å². The zero-order chi connectivity index (χ0) is 18.8. The Kier molecular flexibility index (Phi) is 5.95. The van der Waals surface area contributed by atoms with Gasteiger partial charge in [-0.15, -0.1) is 0 Å². The number of carbonyl (C=O) groups is 2. The molecule has 2 aliphatic rings. The van der Waals surface area contributed by atoms with Crippen LogP contribution in [0.2, 0.25) is 10.0 Å². The smallest absolute Gasteiger partial charge is 0.264 e. The molecular weight excluding hydrogens is 393 g/mol. The molecule has 5 nitrogen and oxygen atoms in total. The van der Waals surface area contributed by atoms with Gasteiger partial charge < -0.3 is 10.2 Å². The molecule has 2 amide bonds. The molecule has 138 valence electrons. The number of benzene rings is 1. The van der Waals surface area contributed by atoms with Crippen LogP contribution in [-0.2, 0) is 9.59 Å². The number of aliphatic imine (C=N–C) groups is 1. The lowest BCUT2D eigenvalue weighted by molar-refractivity contribution is -0.129. The fourth-order valence-electron chi connectivity index (χ4n) is 3.22. The van der Waals surface area contributed by atoms with E-state index in [4.69, 9.17) is 23.2 Å². The van der Waals surface area contributed by atoms with Crippen LogP contribution in [0.3, 0.4) is 0 Å². The highest BCUT2D eigenvalue weighted by Crippen LogP contribution is 2.35. The summed E-state index contributed by atoms with van der Waals surface area (Å²) >= 11 is 13.3. The number of likely N-dealkylation sites (tertiary alicyclic amines) is 1. The van der Waals surface area contributed by atoms with Crippen LogP contribution in [0.1, 0.15) is 20.3 Å². The topological polar surface area (TPSA) is 61.8 Å². The van der Waals surface area contributed by atoms with Crippen LogP contribution in [0.5, 0.6) is 0 Å². The third-order valence-corrected chi connectivity index (χ3v) is 5.76. The van der Waals surface area contributed by atoms with Crippen molar-refractivity contribution in [1.29, 1.82) is 0 Å². The first-order valence-electron chi connectivity index (χ1n) is 8.36. The molecule has 0 aromatic heterocycles. The summed E-state index contributed by atoms with van der Waals surface area (Å²) in [6, 6.07) is 5.07. The summed E-state index contributed by atoms with van der Waals surface area (Å²) in [6.45, 7) is 5.71. The molecule has 0 bridgehead atoms. The standard InChI is InChI=1S/C18H19Cl2N3O2S/c1-10-6-11(2)9-23(8-10)15(24)7-14-17(25)22-18(26-14)21-16-12(19)4-3-5-13(16)20/h3-5,7,10-11H,6,8-9H2,1-2H3,(H,21,22,25)/b14-7-. The van der Waals surface area contributed by atoms with Crippen molar-refractivity contribution in [1.82, 2.24) is 10.2 Å². The Morgan fingerprint density at radius 3 is 2.50 bits per heavy atom. The predicted molar refractivity (Wildman–Crippen MR) is 107 cm³/mol. The monoisotopic (exact) mass is 411 g/mol. The van der Waals surface area contributed by atoms with E-state index in [0.717, 1.165) is 31.3 Å². The number of nitrogens with one attached hydrogen (secondary N) is 1. The molecule has 1 N–H and O–H groups in total. The number of hydrogen-bond donors (Lipinski definition) is 1. The highest BCUT2D eigenvalue weighted by Gasteiger charge is 2.29. The van der Waals surface area contributed by atoms with E-state index in [0.29, 0.717) is 37.6 Å². The Bertz CT molecular complexity index is 779. The largest absolute Gasteiger partial charge is 0.339 e. The number of thioether (sulfide) groups is 1. The molecule has 3 rings (SSSR count). The SMILES string of the molecule is CC1CC(C)CN(C(=O)/C=C2\SC(=Nc3c(Cl)cccc3Cl)NC2=O)C1. The van der Waals surface area contributed by atoms with Crippen molar-refractivity contribution in [3.8, 4) is 0 Å². The van der Waals surface area contributed by atoms with E-state index in [1.165, 1.54) is 6.08 Å². The molecule has 2 fully saturated rings. The number of rotatable bonds is 2. The first-order valence-corrected chi connectivity index (χ1v) is 9.93. The molecule has 0 spiro atoms. The van der Waals surface area contributed by atoms with Crippen molar-refractivity contribution < 1.29 is 9.59 Å². The number of amides is 2. The molecule has 8 heteroatoms. The number of piperidine rings is 1. The summed E-state index contributed by atoms with van der Waals surface area (Å²) in [6.07, 6.45) is 2.51. The minimum Gasteiger partial charge on any atom is -0.339 e. The average Bonchev–Trinajstić information content (AvgIpc) is 2.90. The summed E-state index contributed by atoms with van der Waals surface area (Å²) in [5.41, 5.74) is 0.393. The number of para-hydroxylation sites is 1. The van der Waals surface area contributed by atoms with Crippen molar-refractivity contribution in [2.75, 3.05) is 13.1 Å². The number of halogens is 2. The molecule has 1 aromatic rings. The van der Waals surface area contributed by atoms with E-state index in [2.05, 4.69) is 24.2 Å². The lowest BCUT2D eigenvalue weighted by Gasteiger charge is -2.34. The van der Waals surface area contributed by atoms with Crippen LogP contribution >= 0.6 is 35.0 Å². The van der Waals surface area contributed by atoms with Gasteiger partial charge in [-0.05, 0) is 42.2 Å². The van der Waals surface area contributed by atoms with Gasteiger partial charge in [-0.1, -0.05) is 43.1 Å². The highest BCUT2D eigenvalue weighted by atomic mass is 35.5. The number of carbonyl (C=O) groups excluding carboxylic acids is 2. The fraction of sp³-hybridized carbons (Fsp3) is 0.389. The highest BCUT2D eigenvalue weighted by molar-refractivity contribution is 8.18. The molecule has 2 atom stereocenters. The summed E-state index contributed by atoms with van der Waals surface area (Å²) < 4.78 is 0. The molecule has 1 aromatic carbocycles. The normalized spacial score (nSPS) is 26.5. The van der Waals surface area contributed by atoms with E-state index < -0.39 is 0 Å². The Hall–Kier alpha value is -1.50. The first-order chi connectivity index (χ1) is 12.3. The number of nitrogens with zero attached hydrogens (tertiary/aromatic N) is 2. The summed E-state index contributed by atoms with van der Waals surface area (Å²) in [4.78, 5) is 31.2. The second-order valence-corrected chi connectivity index (χ2v) is 8.59. The zero-order valence-corrected chi connectivity index (χ0v) is 16.8. The van der Waals surface area contributed by atoms with Gasteiger partial charge in [0.1, 0.15) is 5.69 Å². The number of hydrogen-bond acceptors (Lipinski definition) is 4. The van der Waals surface area contributed by atoms with Crippen LogP contribution < -0.4 is 5.32 Å². The van der Waals surface area contributed by atoms with Crippen LogP contribution in [-0.4, -0.2) is 35.0 Å². The third-order valence-electron chi connectivity index (χ3n) is 4.24. The molecule has 2 heterocycles. The predicted octanol–water partition coefficient (Wildman–Crippen LogP) is 4.23. The van der Waals surface area contributed by atoms with Crippen LogP contribution in [0.25, 0.3) is 0 Å². The van der Waals surface area contributed by atoms with E-state index in [-0.39, 0.29) is 11.8 Å². The minimum absolute atomic E-state index is 0.141. The van der Waals surface area contributed by atoms with E-state index >= 15 is 0 Å². The second kappa shape index (κ2) is 8.03. The van der Waals surface area contributed by atoms with Gasteiger partial charge in [0, 0.05) is 19.2 Å². The molecule has 26 heavy (non-hydrogen) atoms. The summed E-state index contributed by atoms with van der Waals surface area (Å²) in [5.74, 6) is 0.442. The van der Waals surface area contributed by atoms with Gasteiger partial charge in [0.05, 0.1) is 15.0 Å². The van der Waals surface area contributed by atoms with E-state index in [9.17, 15) is 9.59 Å². The lowest BCUT2D eigenvalue weighted by Crippen LogP contribution is -2.42. The zero-order valence-electron chi connectivity index (χ0n) is 14.5. The van der Waals surface area contributed by atoms with Crippen molar-refractivity contribution in [3.63, 3.8) is 0 Å². The molecule has 0 saturated carbocycles. The van der Waals surface area contributed by atoms with Gasteiger partial charge in [-0.3, -0.25) is 9.59 Å². The third kappa shape index (κ3) is 4.42. The number of amidine groups is 1. The van der Waals surface area contributed by atoms with Gasteiger partial charge in [0.2, 0.25) is 5.91 Å². The quantitative estimate of drug-likeness (QED) is 0.740. The van der Waals surface area contributed by atoms with Crippen molar-refractivity contribution in [3.05, 3.63) is 39.2 Å². The Labute approximate surface area is 166 Å². The Balaban J connectivity index is 1.76. The van der Waals surface area contributed by atoms with Crippen molar-refractivity contribution >= 4 is 57.6 Å². The van der Waals surface area contributed by atoms with Gasteiger partial charge in [0.15, 0.2) is 5.17 Å². The average molecular weight is 412 g/mol. The van der Waals surface area contributed by atoms with Crippen LogP contribution in [0, 0.1) is 11.8 Å². The lowest BCUT2D eigenvalue weighted by atomic mass is 9.92. The molecule has 0 aliphatic carbocycles. The van der Waals surface area contributed by atoms with Crippen LogP contribution in [0.4, 0.5) is 5.69 Å². The maximum atomic E-state index is 12.5. The van der Waals surface area contributed by atoms with Crippen molar-refractivity contribution in [2.45, 2.75) is 20.3 Å². The van der Waals surface area contributed by atoms with Crippen LogP contribution in [0.15, 0.2) is 34.2 Å². The first kappa shape index (κ1) is 19.3. The summed E-state index contributed by atoms with van der Waals surface area (Å²) in [7, 11) is 0. The second-order valence-electron chi connectivity index (χ2n) is 6.74. The molecule has 2 aliphatic heterocycles. The Morgan fingerprint density at radius 1 is 1.27 bits per heavy atom. The molecule has 2 saturated heterocycles. The summed E-state index contributed by atoms with van der Waals surface area (Å²) in [5, 5.41) is 3.79. The van der Waals surface area contributed by atoms with Gasteiger partial charge >= 0.3 is 0 Å². The van der Waals surface area contributed by atoms with E-state index in [1.54, 1.807) is 23.1 Å². The van der Waals surface area contributed by atoms with Crippen molar-refractivity contribution in [2.24, 2.45) is 16.8 Å². The van der Waals surface area contributed by atoms with Gasteiger partial charge in [0.25, 0.3) is 5.91 Å². The molecule has 0 radical (unpaired) electrons. The maximum Gasteiger partial charge on any atom is 0.264 e. The van der Waals surface area contributed by atoms with Gasteiger partial charge in [-0.25, -0.2) is 4.99 Å². The van der Waals surface area contributed by atoms with E-state index in [1.807, 2.05) is 0 Å². The maximum absolute atomic E-state index is 12.5. The Morgan fingerprint density at radius 2 is 1.88 bits per heavy atom. The fourth-order valence-corrected chi connectivity index (χ4v) is 4.50. The molecular formula is C18H19Cl2N3O2S. The minimum atomic E-state index is -0.344.